The number of phenolic OH excluding ortho intramolecular Hbond substituents is 1. The van der Waals surface area contributed by atoms with E-state index in [0.29, 0.717) is 33.7 Å². The summed E-state index contributed by atoms with van der Waals surface area (Å²) < 4.78 is 5.41. The Morgan fingerprint density at radius 2 is 2.26 bits per heavy atom. The Bertz CT molecular complexity index is 846. The highest BCUT2D eigenvalue weighted by Gasteiger charge is 2.24. The molecular weight excluding hydrogens is 316 g/mol. The number of benzene rings is 1. The molecule has 2 N–H and O–H groups in total. The van der Waals surface area contributed by atoms with E-state index < -0.39 is 6.04 Å². The molecule has 0 bridgehead atoms. The summed E-state index contributed by atoms with van der Waals surface area (Å²) in [6.07, 6.45) is 3.41. The second-order valence-corrected chi connectivity index (χ2v) is 5.47. The Morgan fingerprint density at radius 3 is 2.96 bits per heavy atom. The molecule has 1 atom stereocenters. The smallest absolute Gasteiger partial charge is 0.220 e. The molecule has 0 aliphatic rings. The van der Waals surface area contributed by atoms with E-state index in [1.165, 1.54) is 6.26 Å². The lowest BCUT2D eigenvalue weighted by Gasteiger charge is -2.19. The highest BCUT2D eigenvalue weighted by molar-refractivity contribution is 6.35. The van der Waals surface area contributed by atoms with E-state index in [1.54, 1.807) is 43.5 Å². The standard InChI is InChI=1S/C17H15ClN2O3/c1-2-14(21)20-15(13-6-4-8-23-13)11-9-12(18)10-5-3-7-19-16(10)17(11)22/h3-9,15,22H,2H2,1H3,(H,20,21)/t15-/m1/s1. The predicted molar refractivity (Wildman–Crippen MR) is 87.4 cm³/mol. The lowest BCUT2D eigenvalue weighted by Crippen LogP contribution is -2.28. The summed E-state index contributed by atoms with van der Waals surface area (Å²) in [7, 11) is 0. The van der Waals surface area contributed by atoms with E-state index in [-0.39, 0.29) is 11.7 Å². The number of halogens is 1. The Labute approximate surface area is 137 Å². The van der Waals surface area contributed by atoms with Crippen LogP contribution >= 0.6 is 11.6 Å². The largest absolute Gasteiger partial charge is 0.505 e. The van der Waals surface area contributed by atoms with Crippen molar-refractivity contribution in [1.82, 2.24) is 10.3 Å². The summed E-state index contributed by atoms with van der Waals surface area (Å²) in [4.78, 5) is 16.1. The van der Waals surface area contributed by atoms with Crippen LogP contribution in [0.3, 0.4) is 0 Å². The molecule has 3 aromatic rings. The van der Waals surface area contributed by atoms with Gasteiger partial charge in [0.15, 0.2) is 0 Å². The van der Waals surface area contributed by atoms with Gasteiger partial charge in [0.1, 0.15) is 23.1 Å². The van der Waals surface area contributed by atoms with Crippen LogP contribution < -0.4 is 5.32 Å². The third kappa shape index (κ3) is 2.87. The number of pyridine rings is 1. The number of nitrogens with one attached hydrogen (secondary N) is 1. The monoisotopic (exact) mass is 330 g/mol. The second-order valence-electron chi connectivity index (χ2n) is 5.07. The van der Waals surface area contributed by atoms with Crippen LogP contribution in [0.2, 0.25) is 5.02 Å². The van der Waals surface area contributed by atoms with Gasteiger partial charge in [0.05, 0.1) is 11.3 Å². The average molecular weight is 331 g/mol. The lowest BCUT2D eigenvalue weighted by atomic mass is 10.0. The van der Waals surface area contributed by atoms with Crippen molar-refractivity contribution < 1.29 is 14.3 Å². The molecule has 0 aliphatic carbocycles. The molecule has 6 heteroatoms. The minimum absolute atomic E-state index is 0.0252. The molecule has 2 aromatic heterocycles. The van der Waals surface area contributed by atoms with Gasteiger partial charge in [-0.2, -0.15) is 0 Å². The number of nitrogens with zero attached hydrogens (tertiary/aromatic N) is 1. The number of rotatable bonds is 4. The fourth-order valence-electron chi connectivity index (χ4n) is 2.45. The van der Waals surface area contributed by atoms with E-state index >= 15 is 0 Å². The Morgan fingerprint density at radius 1 is 1.43 bits per heavy atom. The molecule has 0 radical (unpaired) electrons. The number of hydrogen-bond acceptors (Lipinski definition) is 4. The number of carbonyl (C=O) groups excluding carboxylic acids is 1. The minimum atomic E-state index is -0.638. The van der Waals surface area contributed by atoms with Gasteiger partial charge < -0.3 is 14.8 Å². The topological polar surface area (TPSA) is 75.4 Å². The van der Waals surface area contributed by atoms with Gasteiger partial charge in [0.25, 0.3) is 0 Å². The van der Waals surface area contributed by atoms with Crippen molar-refractivity contribution in [3.63, 3.8) is 0 Å². The number of aromatic hydroxyl groups is 1. The van der Waals surface area contributed by atoms with E-state index in [0.717, 1.165) is 0 Å². The summed E-state index contributed by atoms with van der Waals surface area (Å²) in [6, 6.07) is 7.97. The zero-order chi connectivity index (χ0) is 16.4. The van der Waals surface area contributed by atoms with Crippen molar-refractivity contribution in [3.05, 3.63) is 59.1 Å². The number of hydrogen-bond donors (Lipinski definition) is 2. The molecule has 0 saturated heterocycles. The molecule has 23 heavy (non-hydrogen) atoms. The normalized spacial score (nSPS) is 12.3. The lowest BCUT2D eigenvalue weighted by molar-refractivity contribution is -0.121. The molecule has 0 fully saturated rings. The van der Waals surface area contributed by atoms with Crippen molar-refractivity contribution in [3.8, 4) is 5.75 Å². The van der Waals surface area contributed by atoms with Crippen LogP contribution in [0.25, 0.3) is 10.9 Å². The first-order valence-corrected chi connectivity index (χ1v) is 7.58. The molecule has 1 aromatic carbocycles. The molecular formula is C17H15ClN2O3. The van der Waals surface area contributed by atoms with Gasteiger partial charge in [-0.25, -0.2) is 0 Å². The Kier molecular flexibility index (Phi) is 4.21. The van der Waals surface area contributed by atoms with Crippen molar-refractivity contribution in [1.29, 1.82) is 0 Å². The molecule has 1 amide bonds. The van der Waals surface area contributed by atoms with Crippen molar-refractivity contribution in [2.75, 3.05) is 0 Å². The summed E-state index contributed by atoms with van der Waals surface area (Å²) in [5.74, 6) is 0.319. The molecule has 118 valence electrons. The number of furan rings is 1. The SMILES string of the molecule is CCC(=O)N[C@@H](c1ccco1)c1cc(Cl)c2cccnc2c1O. The first-order valence-electron chi connectivity index (χ1n) is 7.20. The van der Waals surface area contributed by atoms with Crippen LogP contribution in [0.1, 0.15) is 30.7 Å². The van der Waals surface area contributed by atoms with Gasteiger partial charge in [-0.1, -0.05) is 18.5 Å². The van der Waals surface area contributed by atoms with E-state index in [9.17, 15) is 9.90 Å². The molecule has 3 rings (SSSR count). The fraction of sp³-hybridized carbons (Fsp3) is 0.176. The highest BCUT2D eigenvalue weighted by atomic mass is 35.5. The predicted octanol–water partition coefficient (Wildman–Crippen LogP) is 3.80. The van der Waals surface area contributed by atoms with Crippen LogP contribution in [-0.4, -0.2) is 16.0 Å². The Balaban J connectivity index is 2.18. The Hall–Kier alpha value is -2.53. The minimum Gasteiger partial charge on any atom is -0.505 e. The quantitative estimate of drug-likeness (QED) is 0.763. The first-order chi connectivity index (χ1) is 11.1. The summed E-state index contributed by atoms with van der Waals surface area (Å²) in [6.45, 7) is 1.75. The maximum Gasteiger partial charge on any atom is 0.220 e. The van der Waals surface area contributed by atoms with Gasteiger partial charge in [0, 0.05) is 23.6 Å². The number of amides is 1. The van der Waals surface area contributed by atoms with Crippen LogP contribution in [-0.2, 0) is 4.79 Å². The number of carbonyl (C=O) groups is 1. The number of fused-ring (bicyclic) bond motifs is 1. The zero-order valence-electron chi connectivity index (χ0n) is 12.4. The van der Waals surface area contributed by atoms with Gasteiger partial charge in [-0.3, -0.25) is 9.78 Å². The van der Waals surface area contributed by atoms with Gasteiger partial charge in [-0.15, -0.1) is 0 Å². The highest BCUT2D eigenvalue weighted by Crippen LogP contribution is 2.38. The van der Waals surface area contributed by atoms with Crippen molar-refractivity contribution >= 4 is 28.4 Å². The van der Waals surface area contributed by atoms with Crippen LogP contribution in [0, 0.1) is 0 Å². The average Bonchev–Trinajstić information content (AvgIpc) is 3.10. The molecule has 0 unspecified atom stereocenters. The third-order valence-corrected chi connectivity index (χ3v) is 3.92. The van der Waals surface area contributed by atoms with Crippen molar-refractivity contribution in [2.45, 2.75) is 19.4 Å². The van der Waals surface area contributed by atoms with Crippen LogP contribution in [0.4, 0.5) is 0 Å². The summed E-state index contributed by atoms with van der Waals surface area (Å²) in [5.41, 5.74) is 0.829. The van der Waals surface area contributed by atoms with Crippen LogP contribution in [0.15, 0.2) is 47.2 Å². The first kappa shape index (κ1) is 15.4. The molecule has 0 spiro atoms. The van der Waals surface area contributed by atoms with E-state index in [2.05, 4.69) is 10.3 Å². The fourth-order valence-corrected chi connectivity index (χ4v) is 2.72. The van der Waals surface area contributed by atoms with E-state index in [4.69, 9.17) is 16.0 Å². The number of aromatic nitrogens is 1. The molecule has 5 nitrogen and oxygen atoms in total. The molecule has 2 heterocycles. The summed E-state index contributed by atoms with van der Waals surface area (Å²) in [5, 5.41) is 14.5. The maximum absolute atomic E-state index is 11.9. The van der Waals surface area contributed by atoms with Gasteiger partial charge in [-0.05, 0) is 30.3 Å². The maximum atomic E-state index is 11.9. The molecule has 0 aliphatic heterocycles. The number of phenols is 1. The van der Waals surface area contributed by atoms with Crippen molar-refractivity contribution in [2.24, 2.45) is 0 Å². The third-order valence-electron chi connectivity index (χ3n) is 3.61. The molecule has 0 saturated carbocycles. The second kappa shape index (κ2) is 6.30. The van der Waals surface area contributed by atoms with Gasteiger partial charge in [0.2, 0.25) is 5.91 Å². The summed E-state index contributed by atoms with van der Waals surface area (Å²) >= 11 is 6.32. The van der Waals surface area contributed by atoms with Gasteiger partial charge >= 0.3 is 0 Å². The zero-order valence-corrected chi connectivity index (χ0v) is 13.2. The van der Waals surface area contributed by atoms with Crippen LogP contribution in [0.5, 0.6) is 5.75 Å². The van der Waals surface area contributed by atoms with E-state index in [1.807, 2.05) is 0 Å².